The molecule has 0 saturated carbocycles. The van der Waals surface area contributed by atoms with E-state index in [0.29, 0.717) is 6.61 Å². The Kier molecular flexibility index (Phi) is 3.21. The molecule has 0 bridgehead atoms. The van der Waals surface area contributed by atoms with E-state index in [1.165, 1.54) is 0 Å². The molecular weight excluding hydrogens is 242 g/mol. The SMILES string of the molecule is Cc1cnc(N2CCOC(c3ccc(C)o3)C2)nc1. The van der Waals surface area contributed by atoms with Crippen molar-refractivity contribution in [1.82, 2.24) is 9.97 Å². The van der Waals surface area contributed by atoms with Gasteiger partial charge in [-0.15, -0.1) is 0 Å². The fourth-order valence-electron chi connectivity index (χ4n) is 2.18. The highest BCUT2D eigenvalue weighted by Crippen LogP contribution is 2.25. The van der Waals surface area contributed by atoms with Crippen LogP contribution in [0, 0.1) is 13.8 Å². The number of rotatable bonds is 2. The van der Waals surface area contributed by atoms with Crippen LogP contribution in [0.5, 0.6) is 0 Å². The largest absolute Gasteiger partial charge is 0.464 e. The summed E-state index contributed by atoms with van der Waals surface area (Å²) in [4.78, 5) is 10.9. The average Bonchev–Trinajstić information content (AvgIpc) is 2.86. The summed E-state index contributed by atoms with van der Waals surface area (Å²) in [5.41, 5.74) is 1.07. The first-order valence-electron chi connectivity index (χ1n) is 6.44. The lowest BCUT2D eigenvalue weighted by Gasteiger charge is -2.31. The summed E-state index contributed by atoms with van der Waals surface area (Å²) in [5, 5.41) is 0. The zero-order valence-corrected chi connectivity index (χ0v) is 11.2. The standard InChI is InChI=1S/C14H17N3O2/c1-10-7-15-14(16-8-10)17-5-6-18-13(9-17)12-4-3-11(2)19-12/h3-4,7-8,13H,5-6,9H2,1-2H3. The molecule has 0 aliphatic carbocycles. The van der Waals surface area contributed by atoms with Crippen molar-refractivity contribution < 1.29 is 9.15 Å². The molecule has 1 unspecified atom stereocenters. The van der Waals surface area contributed by atoms with Gasteiger partial charge in [0.2, 0.25) is 5.95 Å². The summed E-state index contributed by atoms with van der Waals surface area (Å²) in [6.07, 6.45) is 3.63. The van der Waals surface area contributed by atoms with Crippen molar-refractivity contribution in [2.75, 3.05) is 24.6 Å². The Morgan fingerprint density at radius 1 is 1.21 bits per heavy atom. The van der Waals surface area contributed by atoms with Gasteiger partial charge >= 0.3 is 0 Å². The third kappa shape index (κ3) is 2.61. The van der Waals surface area contributed by atoms with E-state index in [9.17, 15) is 0 Å². The minimum atomic E-state index is -0.0487. The van der Waals surface area contributed by atoms with Crippen LogP contribution in [-0.4, -0.2) is 29.7 Å². The highest BCUT2D eigenvalue weighted by Gasteiger charge is 2.25. The second-order valence-electron chi connectivity index (χ2n) is 4.81. The Hall–Kier alpha value is -1.88. The molecule has 1 aliphatic rings. The molecule has 100 valence electrons. The van der Waals surface area contributed by atoms with Crippen LogP contribution in [0.15, 0.2) is 28.9 Å². The zero-order chi connectivity index (χ0) is 13.2. The summed E-state index contributed by atoms with van der Waals surface area (Å²) in [6, 6.07) is 3.93. The molecule has 0 radical (unpaired) electrons. The number of nitrogens with zero attached hydrogens (tertiary/aromatic N) is 3. The van der Waals surface area contributed by atoms with Crippen LogP contribution >= 0.6 is 0 Å². The van der Waals surface area contributed by atoms with Crippen molar-refractivity contribution in [3.63, 3.8) is 0 Å². The first-order valence-corrected chi connectivity index (χ1v) is 6.44. The molecule has 1 fully saturated rings. The van der Waals surface area contributed by atoms with Crippen LogP contribution in [0.2, 0.25) is 0 Å². The summed E-state index contributed by atoms with van der Waals surface area (Å²) < 4.78 is 11.4. The molecule has 0 N–H and O–H groups in total. The van der Waals surface area contributed by atoms with Crippen LogP contribution < -0.4 is 4.90 Å². The molecule has 0 amide bonds. The van der Waals surface area contributed by atoms with Crippen molar-refractivity contribution in [3.8, 4) is 0 Å². The van der Waals surface area contributed by atoms with Gasteiger partial charge < -0.3 is 14.1 Å². The van der Waals surface area contributed by atoms with Crippen molar-refractivity contribution in [3.05, 3.63) is 41.6 Å². The number of aryl methyl sites for hydroxylation is 2. The van der Waals surface area contributed by atoms with E-state index >= 15 is 0 Å². The van der Waals surface area contributed by atoms with Crippen LogP contribution in [0.3, 0.4) is 0 Å². The number of hydrogen-bond donors (Lipinski definition) is 0. The molecular formula is C14H17N3O2. The smallest absolute Gasteiger partial charge is 0.225 e. The van der Waals surface area contributed by atoms with Gasteiger partial charge in [-0.1, -0.05) is 0 Å². The molecule has 0 spiro atoms. The maximum Gasteiger partial charge on any atom is 0.225 e. The maximum atomic E-state index is 5.76. The third-order valence-corrected chi connectivity index (χ3v) is 3.20. The zero-order valence-electron chi connectivity index (χ0n) is 11.2. The molecule has 1 aliphatic heterocycles. The Bertz CT molecular complexity index is 550. The number of hydrogen-bond acceptors (Lipinski definition) is 5. The fraction of sp³-hybridized carbons (Fsp3) is 0.429. The average molecular weight is 259 g/mol. The van der Waals surface area contributed by atoms with Gasteiger partial charge in [-0.3, -0.25) is 0 Å². The molecule has 3 rings (SSSR count). The number of furan rings is 1. The number of ether oxygens (including phenoxy) is 1. The van der Waals surface area contributed by atoms with Gasteiger partial charge in [0.1, 0.15) is 17.6 Å². The van der Waals surface area contributed by atoms with Crippen LogP contribution in [0.25, 0.3) is 0 Å². The van der Waals surface area contributed by atoms with Gasteiger partial charge in [-0.25, -0.2) is 9.97 Å². The molecule has 0 aromatic carbocycles. The summed E-state index contributed by atoms with van der Waals surface area (Å²) >= 11 is 0. The molecule has 19 heavy (non-hydrogen) atoms. The van der Waals surface area contributed by atoms with E-state index in [1.54, 1.807) is 0 Å². The van der Waals surface area contributed by atoms with E-state index in [0.717, 1.165) is 36.1 Å². The first-order chi connectivity index (χ1) is 9.22. The van der Waals surface area contributed by atoms with Crippen molar-refractivity contribution in [2.24, 2.45) is 0 Å². The number of aromatic nitrogens is 2. The van der Waals surface area contributed by atoms with Gasteiger partial charge in [0.05, 0.1) is 13.2 Å². The monoisotopic (exact) mass is 259 g/mol. The van der Waals surface area contributed by atoms with Gasteiger partial charge in [-0.2, -0.15) is 0 Å². The van der Waals surface area contributed by atoms with E-state index in [1.807, 2.05) is 38.4 Å². The van der Waals surface area contributed by atoms with E-state index in [-0.39, 0.29) is 6.10 Å². The second-order valence-corrected chi connectivity index (χ2v) is 4.81. The number of morpholine rings is 1. The minimum absolute atomic E-state index is 0.0487. The third-order valence-electron chi connectivity index (χ3n) is 3.20. The van der Waals surface area contributed by atoms with Gasteiger partial charge in [0, 0.05) is 18.9 Å². The second kappa shape index (κ2) is 5.01. The molecule has 2 aromatic heterocycles. The molecule has 5 heteroatoms. The quantitative estimate of drug-likeness (QED) is 0.828. The van der Waals surface area contributed by atoms with Crippen LogP contribution in [0.1, 0.15) is 23.2 Å². The van der Waals surface area contributed by atoms with E-state index < -0.39 is 0 Å². The van der Waals surface area contributed by atoms with Crippen molar-refractivity contribution in [2.45, 2.75) is 20.0 Å². The Balaban J connectivity index is 1.76. The highest BCUT2D eigenvalue weighted by molar-refractivity contribution is 5.31. The Labute approximate surface area is 112 Å². The molecule has 1 saturated heterocycles. The van der Waals surface area contributed by atoms with Crippen LogP contribution in [-0.2, 0) is 4.74 Å². The minimum Gasteiger partial charge on any atom is -0.464 e. The lowest BCUT2D eigenvalue weighted by molar-refractivity contribution is 0.0247. The predicted molar refractivity (Wildman–Crippen MR) is 71.1 cm³/mol. The lowest BCUT2D eigenvalue weighted by Crippen LogP contribution is -2.39. The van der Waals surface area contributed by atoms with Crippen molar-refractivity contribution >= 4 is 5.95 Å². The van der Waals surface area contributed by atoms with Crippen LogP contribution in [0.4, 0.5) is 5.95 Å². The molecule has 3 heterocycles. The topological polar surface area (TPSA) is 51.4 Å². The summed E-state index contributed by atoms with van der Waals surface area (Å²) in [6.45, 7) is 6.10. The highest BCUT2D eigenvalue weighted by atomic mass is 16.5. The molecule has 5 nitrogen and oxygen atoms in total. The van der Waals surface area contributed by atoms with E-state index in [4.69, 9.17) is 9.15 Å². The molecule has 2 aromatic rings. The lowest BCUT2D eigenvalue weighted by atomic mass is 10.2. The first kappa shape index (κ1) is 12.2. The number of anilines is 1. The summed E-state index contributed by atoms with van der Waals surface area (Å²) in [7, 11) is 0. The van der Waals surface area contributed by atoms with E-state index in [2.05, 4.69) is 14.9 Å². The molecule has 1 atom stereocenters. The maximum absolute atomic E-state index is 5.76. The Morgan fingerprint density at radius 2 is 2.00 bits per heavy atom. The van der Waals surface area contributed by atoms with Gasteiger partial charge in [-0.05, 0) is 31.5 Å². The fourth-order valence-corrected chi connectivity index (χ4v) is 2.18. The van der Waals surface area contributed by atoms with Gasteiger partial charge in [0.25, 0.3) is 0 Å². The predicted octanol–water partition coefficient (Wildman–Crippen LogP) is 2.26. The van der Waals surface area contributed by atoms with Gasteiger partial charge in [0.15, 0.2) is 0 Å². The van der Waals surface area contributed by atoms with Crippen molar-refractivity contribution in [1.29, 1.82) is 0 Å². The Morgan fingerprint density at radius 3 is 2.68 bits per heavy atom. The summed E-state index contributed by atoms with van der Waals surface area (Å²) in [5.74, 6) is 2.53. The normalized spacial score (nSPS) is 19.7.